The number of methoxy groups -OCH3 is 2. The highest BCUT2D eigenvalue weighted by molar-refractivity contribution is 5.92. The van der Waals surface area contributed by atoms with Crippen molar-refractivity contribution in [3.63, 3.8) is 0 Å². The van der Waals surface area contributed by atoms with E-state index in [9.17, 15) is 9.59 Å². The summed E-state index contributed by atoms with van der Waals surface area (Å²) in [5, 5.41) is 2.93. The zero-order valence-corrected chi connectivity index (χ0v) is 19.3. The molecular weight excluding hydrogens is 410 g/mol. The molecule has 0 saturated carbocycles. The SMILES string of the molecule is COC(=O)c1cc(CNC(=O)N2CCN(c3cc(C)nc(C(C)C)n3)CC2)ccc1OC. The van der Waals surface area contributed by atoms with Gasteiger partial charge in [0.25, 0.3) is 0 Å². The highest BCUT2D eigenvalue weighted by Gasteiger charge is 2.23. The smallest absolute Gasteiger partial charge is 0.341 e. The molecule has 1 saturated heterocycles. The molecule has 1 N–H and O–H groups in total. The lowest BCUT2D eigenvalue weighted by molar-refractivity contribution is 0.0597. The number of piperazine rings is 1. The van der Waals surface area contributed by atoms with Crippen molar-refractivity contribution in [1.29, 1.82) is 0 Å². The van der Waals surface area contributed by atoms with Crippen LogP contribution in [0.1, 0.15) is 47.2 Å². The Hall–Kier alpha value is -3.36. The van der Waals surface area contributed by atoms with Crippen molar-refractivity contribution in [2.45, 2.75) is 33.2 Å². The molecule has 32 heavy (non-hydrogen) atoms. The highest BCUT2D eigenvalue weighted by atomic mass is 16.5. The fraction of sp³-hybridized carbons (Fsp3) is 0.478. The van der Waals surface area contributed by atoms with Gasteiger partial charge < -0.3 is 24.6 Å². The number of carbonyl (C=O) groups is 2. The molecule has 0 bridgehead atoms. The average molecular weight is 442 g/mol. The van der Waals surface area contributed by atoms with Crippen molar-refractivity contribution in [3.05, 3.63) is 46.9 Å². The van der Waals surface area contributed by atoms with Gasteiger partial charge in [0, 0.05) is 50.4 Å². The van der Waals surface area contributed by atoms with Crippen LogP contribution in [0.5, 0.6) is 5.75 Å². The highest BCUT2D eigenvalue weighted by Crippen LogP contribution is 2.21. The lowest BCUT2D eigenvalue weighted by atomic mass is 10.1. The van der Waals surface area contributed by atoms with Gasteiger partial charge in [-0.1, -0.05) is 19.9 Å². The number of nitrogens with one attached hydrogen (secondary N) is 1. The number of benzene rings is 1. The van der Waals surface area contributed by atoms with E-state index in [1.54, 1.807) is 17.0 Å². The van der Waals surface area contributed by atoms with E-state index in [1.807, 2.05) is 19.1 Å². The minimum Gasteiger partial charge on any atom is -0.496 e. The predicted molar refractivity (Wildman–Crippen MR) is 121 cm³/mol. The maximum absolute atomic E-state index is 12.7. The Morgan fingerprint density at radius 2 is 1.81 bits per heavy atom. The molecule has 172 valence electrons. The number of urea groups is 1. The van der Waals surface area contributed by atoms with Crippen LogP contribution >= 0.6 is 0 Å². The summed E-state index contributed by atoms with van der Waals surface area (Å²) in [4.78, 5) is 37.8. The van der Waals surface area contributed by atoms with Crippen LogP contribution in [-0.2, 0) is 11.3 Å². The minimum absolute atomic E-state index is 0.137. The molecular formula is C23H31N5O4. The number of esters is 1. The molecule has 9 nitrogen and oxygen atoms in total. The first kappa shape index (κ1) is 23.3. The molecule has 1 aromatic heterocycles. The number of aryl methyl sites for hydroxylation is 1. The average Bonchev–Trinajstić information content (AvgIpc) is 2.81. The number of anilines is 1. The minimum atomic E-state index is -0.480. The normalized spacial score (nSPS) is 13.8. The molecule has 9 heteroatoms. The third-order valence-corrected chi connectivity index (χ3v) is 5.38. The summed E-state index contributed by atoms with van der Waals surface area (Å²) in [5.41, 5.74) is 2.07. The van der Waals surface area contributed by atoms with Crippen molar-refractivity contribution in [2.24, 2.45) is 0 Å². The fourth-order valence-corrected chi connectivity index (χ4v) is 3.56. The van der Waals surface area contributed by atoms with E-state index in [2.05, 4.69) is 29.0 Å². The van der Waals surface area contributed by atoms with E-state index in [-0.39, 0.29) is 11.9 Å². The number of hydrogen-bond acceptors (Lipinski definition) is 7. The Bertz CT molecular complexity index is 971. The summed E-state index contributed by atoms with van der Waals surface area (Å²) in [6.07, 6.45) is 0. The molecule has 1 aliphatic heterocycles. The number of nitrogens with zero attached hydrogens (tertiary/aromatic N) is 4. The molecule has 0 spiro atoms. The lowest BCUT2D eigenvalue weighted by Gasteiger charge is -2.35. The first-order valence-electron chi connectivity index (χ1n) is 10.7. The van der Waals surface area contributed by atoms with Crippen LogP contribution in [0.15, 0.2) is 24.3 Å². The number of ether oxygens (including phenoxy) is 2. The van der Waals surface area contributed by atoms with Crippen LogP contribution in [0.25, 0.3) is 0 Å². The summed E-state index contributed by atoms with van der Waals surface area (Å²) in [7, 11) is 2.82. The molecule has 2 amide bonds. The molecule has 2 aromatic rings. The summed E-state index contributed by atoms with van der Waals surface area (Å²) in [6, 6.07) is 7.04. The second-order valence-corrected chi connectivity index (χ2v) is 8.04. The number of amides is 2. The van der Waals surface area contributed by atoms with Crippen LogP contribution in [0.4, 0.5) is 10.6 Å². The zero-order chi connectivity index (χ0) is 23.3. The number of aromatic nitrogens is 2. The summed E-state index contributed by atoms with van der Waals surface area (Å²) < 4.78 is 10.0. The molecule has 1 aliphatic rings. The van der Waals surface area contributed by atoms with Crippen molar-refractivity contribution in [2.75, 3.05) is 45.3 Å². The quantitative estimate of drug-likeness (QED) is 0.689. The van der Waals surface area contributed by atoms with Gasteiger partial charge in [-0.15, -0.1) is 0 Å². The van der Waals surface area contributed by atoms with Crippen molar-refractivity contribution < 1.29 is 19.1 Å². The van der Waals surface area contributed by atoms with Gasteiger partial charge in [-0.2, -0.15) is 0 Å². The Labute approximate surface area is 188 Å². The first-order valence-corrected chi connectivity index (χ1v) is 10.7. The van der Waals surface area contributed by atoms with Crippen molar-refractivity contribution in [3.8, 4) is 5.75 Å². The number of rotatable bonds is 6. The van der Waals surface area contributed by atoms with E-state index < -0.39 is 5.97 Å². The second-order valence-electron chi connectivity index (χ2n) is 8.04. The summed E-state index contributed by atoms with van der Waals surface area (Å²) in [6.45, 7) is 9.05. The molecule has 2 heterocycles. The Morgan fingerprint density at radius 3 is 2.44 bits per heavy atom. The van der Waals surface area contributed by atoms with Crippen LogP contribution in [0.2, 0.25) is 0 Å². The van der Waals surface area contributed by atoms with Gasteiger partial charge in [0.05, 0.1) is 14.2 Å². The van der Waals surface area contributed by atoms with E-state index in [0.717, 1.165) is 22.9 Å². The standard InChI is InChI=1S/C23H31N5O4/c1-15(2)21-25-16(3)12-20(26-21)27-8-10-28(11-9-27)23(30)24-14-17-6-7-19(31-4)18(13-17)22(29)32-5/h6-7,12-13,15H,8-11,14H2,1-5H3,(H,24,30). The third kappa shape index (κ3) is 5.46. The Balaban J connectivity index is 1.57. The maximum Gasteiger partial charge on any atom is 0.341 e. The van der Waals surface area contributed by atoms with Crippen molar-refractivity contribution >= 4 is 17.8 Å². The fourth-order valence-electron chi connectivity index (χ4n) is 3.56. The predicted octanol–water partition coefficient (Wildman–Crippen LogP) is 2.74. The first-order chi connectivity index (χ1) is 15.3. The largest absolute Gasteiger partial charge is 0.496 e. The van der Waals surface area contributed by atoms with Crippen LogP contribution in [-0.4, -0.2) is 67.3 Å². The van der Waals surface area contributed by atoms with Gasteiger partial charge in [0.15, 0.2) is 0 Å². The molecule has 0 radical (unpaired) electrons. The van der Waals surface area contributed by atoms with Gasteiger partial charge in [0.1, 0.15) is 23.0 Å². The molecule has 0 atom stereocenters. The van der Waals surface area contributed by atoms with E-state index in [4.69, 9.17) is 14.5 Å². The topological polar surface area (TPSA) is 96.9 Å². The maximum atomic E-state index is 12.7. The van der Waals surface area contributed by atoms with Gasteiger partial charge in [-0.3, -0.25) is 0 Å². The second kappa shape index (κ2) is 10.3. The zero-order valence-electron chi connectivity index (χ0n) is 19.3. The van der Waals surface area contributed by atoms with Gasteiger partial charge in [-0.05, 0) is 24.6 Å². The van der Waals surface area contributed by atoms with Crippen LogP contribution in [0.3, 0.4) is 0 Å². The van der Waals surface area contributed by atoms with Gasteiger partial charge in [0.2, 0.25) is 0 Å². The third-order valence-electron chi connectivity index (χ3n) is 5.38. The van der Waals surface area contributed by atoms with E-state index in [1.165, 1.54) is 14.2 Å². The Kier molecular flexibility index (Phi) is 7.50. The molecule has 3 rings (SSSR count). The molecule has 0 aliphatic carbocycles. The monoisotopic (exact) mass is 441 g/mol. The number of hydrogen-bond donors (Lipinski definition) is 1. The van der Waals surface area contributed by atoms with Crippen LogP contribution in [0, 0.1) is 6.92 Å². The van der Waals surface area contributed by atoms with Crippen molar-refractivity contribution in [1.82, 2.24) is 20.2 Å². The van der Waals surface area contributed by atoms with Crippen LogP contribution < -0.4 is 15.0 Å². The lowest BCUT2D eigenvalue weighted by Crippen LogP contribution is -2.52. The van der Waals surface area contributed by atoms with Gasteiger partial charge in [-0.25, -0.2) is 19.6 Å². The molecule has 1 fully saturated rings. The summed E-state index contributed by atoms with van der Waals surface area (Å²) in [5.74, 6) is 1.97. The van der Waals surface area contributed by atoms with E-state index in [0.29, 0.717) is 44.0 Å². The molecule has 0 unspecified atom stereocenters. The molecule has 1 aromatic carbocycles. The Morgan fingerprint density at radius 1 is 1.09 bits per heavy atom. The number of carbonyl (C=O) groups excluding carboxylic acids is 2. The summed E-state index contributed by atoms with van der Waals surface area (Å²) >= 11 is 0. The van der Waals surface area contributed by atoms with E-state index >= 15 is 0 Å². The van der Waals surface area contributed by atoms with Gasteiger partial charge >= 0.3 is 12.0 Å².